The van der Waals surface area contributed by atoms with Gasteiger partial charge in [-0.05, 0) is 47.5 Å². The molecule has 3 aromatic rings. The highest BCUT2D eigenvalue weighted by Crippen LogP contribution is 2.37. The molecule has 1 heterocycles. The summed E-state index contributed by atoms with van der Waals surface area (Å²) in [4.78, 5) is 10.5. The normalized spacial score (nSPS) is 16.3. The largest absolute Gasteiger partial charge is 0.269 e. The Morgan fingerprint density at radius 3 is 2.26 bits per heavy atom. The van der Waals surface area contributed by atoms with Crippen LogP contribution in [0.4, 0.5) is 11.4 Å². The van der Waals surface area contributed by atoms with Crippen LogP contribution < -0.4 is 5.01 Å². The minimum Gasteiger partial charge on any atom is -0.258 e. The molecule has 0 aromatic heterocycles. The molecule has 0 unspecified atom stereocenters. The molecule has 1 atom stereocenters. The number of nitrogens with zero attached hydrogens (tertiary/aromatic N) is 3. The fourth-order valence-electron chi connectivity index (χ4n) is 3.22. The molecule has 134 valence electrons. The van der Waals surface area contributed by atoms with Crippen LogP contribution in [0.3, 0.4) is 0 Å². The van der Waals surface area contributed by atoms with Gasteiger partial charge in [0.25, 0.3) is 5.69 Å². The molecule has 1 aliphatic rings. The van der Waals surface area contributed by atoms with Crippen molar-refractivity contribution in [2.75, 3.05) is 5.01 Å². The Hall–Kier alpha value is -3.18. The summed E-state index contributed by atoms with van der Waals surface area (Å²) in [5.74, 6) is 0. The van der Waals surface area contributed by atoms with Crippen LogP contribution in [0.25, 0.3) is 0 Å². The lowest BCUT2D eigenvalue weighted by Gasteiger charge is -2.24. The van der Waals surface area contributed by atoms with Crippen LogP contribution in [0.1, 0.15) is 23.6 Å². The van der Waals surface area contributed by atoms with E-state index in [0.717, 1.165) is 22.5 Å². The number of anilines is 1. The van der Waals surface area contributed by atoms with E-state index in [0.29, 0.717) is 11.4 Å². The number of benzene rings is 3. The van der Waals surface area contributed by atoms with Gasteiger partial charge in [0.1, 0.15) is 0 Å². The Balaban J connectivity index is 1.71. The van der Waals surface area contributed by atoms with E-state index < -0.39 is 4.92 Å². The first-order valence-electron chi connectivity index (χ1n) is 8.54. The molecule has 0 amide bonds. The zero-order valence-corrected chi connectivity index (χ0v) is 15.1. The van der Waals surface area contributed by atoms with Crippen LogP contribution in [0.2, 0.25) is 5.02 Å². The highest BCUT2D eigenvalue weighted by molar-refractivity contribution is 6.30. The zero-order valence-electron chi connectivity index (χ0n) is 14.3. The van der Waals surface area contributed by atoms with Crippen LogP contribution in [0, 0.1) is 10.1 Å². The van der Waals surface area contributed by atoms with E-state index in [1.165, 1.54) is 12.1 Å². The Morgan fingerprint density at radius 1 is 0.963 bits per heavy atom. The van der Waals surface area contributed by atoms with E-state index in [4.69, 9.17) is 16.7 Å². The number of hydrazone groups is 1. The van der Waals surface area contributed by atoms with Crippen molar-refractivity contribution < 1.29 is 4.92 Å². The maximum atomic E-state index is 10.9. The first-order chi connectivity index (χ1) is 13.1. The molecule has 0 saturated heterocycles. The van der Waals surface area contributed by atoms with Crippen LogP contribution in [0.5, 0.6) is 0 Å². The van der Waals surface area contributed by atoms with Crippen molar-refractivity contribution in [2.45, 2.75) is 12.5 Å². The second kappa shape index (κ2) is 7.21. The summed E-state index contributed by atoms with van der Waals surface area (Å²) in [5.41, 5.74) is 3.97. The first-order valence-corrected chi connectivity index (χ1v) is 8.92. The minimum absolute atomic E-state index is 0.0369. The van der Waals surface area contributed by atoms with E-state index in [1.54, 1.807) is 12.1 Å². The molecule has 4 rings (SSSR count). The van der Waals surface area contributed by atoms with Gasteiger partial charge in [-0.25, -0.2) is 0 Å². The van der Waals surface area contributed by atoms with Gasteiger partial charge in [0.2, 0.25) is 0 Å². The lowest BCUT2D eigenvalue weighted by molar-refractivity contribution is -0.384. The molecule has 0 radical (unpaired) electrons. The number of hydrogen-bond donors (Lipinski definition) is 0. The Kier molecular flexibility index (Phi) is 4.60. The highest BCUT2D eigenvalue weighted by Gasteiger charge is 2.30. The molecule has 6 heteroatoms. The molecule has 0 fully saturated rings. The van der Waals surface area contributed by atoms with Gasteiger partial charge in [-0.15, -0.1) is 0 Å². The summed E-state index contributed by atoms with van der Waals surface area (Å²) >= 11 is 6.04. The van der Waals surface area contributed by atoms with Crippen molar-refractivity contribution in [3.8, 4) is 0 Å². The summed E-state index contributed by atoms with van der Waals surface area (Å²) < 4.78 is 0. The summed E-state index contributed by atoms with van der Waals surface area (Å²) in [6.07, 6.45) is 0.703. The second-order valence-electron chi connectivity index (χ2n) is 6.30. The van der Waals surface area contributed by atoms with Crippen molar-refractivity contribution in [1.29, 1.82) is 0 Å². The van der Waals surface area contributed by atoms with E-state index in [1.807, 2.05) is 59.6 Å². The van der Waals surface area contributed by atoms with Gasteiger partial charge in [0.15, 0.2) is 0 Å². The monoisotopic (exact) mass is 377 g/mol. The van der Waals surface area contributed by atoms with E-state index in [-0.39, 0.29) is 11.7 Å². The smallest absolute Gasteiger partial charge is 0.258 e. The molecule has 0 N–H and O–H groups in total. The molecule has 0 aliphatic carbocycles. The molecule has 1 aliphatic heterocycles. The first kappa shape index (κ1) is 17.2. The lowest BCUT2D eigenvalue weighted by Crippen LogP contribution is -2.18. The van der Waals surface area contributed by atoms with Crippen LogP contribution in [-0.4, -0.2) is 10.6 Å². The summed E-state index contributed by atoms with van der Waals surface area (Å²) in [6.45, 7) is 0. The van der Waals surface area contributed by atoms with Crippen molar-refractivity contribution in [3.05, 3.63) is 105 Å². The van der Waals surface area contributed by atoms with Gasteiger partial charge in [-0.3, -0.25) is 15.1 Å². The number of nitro benzene ring substituents is 1. The van der Waals surface area contributed by atoms with E-state index >= 15 is 0 Å². The molecular weight excluding hydrogens is 362 g/mol. The average Bonchev–Trinajstić information content (AvgIpc) is 3.15. The van der Waals surface area contributed by atoms with Crippen LogP contribution in [0.15, 0.2) is 84.0 Å². The van der Waals surface area contributed by atoms with E-state index in [2.05, 4.69) is 0 Å². The van der Waals surface area contributed by atoms with Crippen LogP contribution in [-0.2, 0) is 0 Å². The third-order valence-electron chi connectivity index (χ3n) is 4.60. The SMILES string of the molecule is O=[N+]([O-])c1ccc(C2=NN(c3ccccc3)[C@H](c3ccc(Cl)cc3)C2)cc1. The minimum atomic E-state index is -0.396. The molecule has 0 saturated carbocycles. The number of hydrogen-bond acceptors (Lipinski definition) is 4. The maximum absolute atomic E-state index is 10.9. The molecule has 27 heavy (non-hydrogen) atoms. The van der Waals surface area contributed by atoms with Crippen molar-refractivity contribution in [2.24, 2.45) is 5.10 Å². The Labute approximate surface area is 161 Å². The summed E-state index contributed by atoms with van der Waals surface area (Å²) in [6, 6.07) is 24.3. The zero-order chi connectivity index (χ0) is 18.8. The third-order valence-corrected chi connectivity index (χ3v) is 4.85. The standard InChI is InChI=1S/C21H16ClN3O2/c22-17-10-6-16(7-11-17)21-14-20(15-8-12-19(13-9-15)25(26)27)23-24(21)18-4-2-1-3-5-18/h1-13,21H,14H2/t21-/m0/s1. The number of nitro groups is 1. The third kappa shape index (κ3) is 3.55. The summed E-state index contributed by atoms with van der Waals surface area (Å²) in [5, 5.41) is 18.4. The van der Waals surface area contributed by atoms with E-state index in [9.17, 15) is 10.1 Å². The molecule has 3 aromatic carbocycles. The number of halogens is 1. The van der Waals surface area contributed by atoms with Gasteiger partial charge in [-0.1, -0.05) is 41.9 Å². The Morgan fingerprint density at radius 2 is 1.63 bits per heavy atom. The fourth-order valence-corrected chi connectivity index (χ4v) is 3.35. The van der Waals surface area contributed by atoms with Crippen molar-refractivity contribution in [3.63, 3.8) is 0 Å². The van der Waals surface area contributed by atoms with Crippen molar-refractivity contribution in [1.82, 2.24) is 0 Å². The number of para-hydroxylation sites is 1. The number of rotatable bonds is 4. The van der Waals surface area contributed by atoms with Gasteiger partial charge in [0.05, 0.1) is 22.4 Å². The fraction of sp³-hybridized carbons (Fsp3) is 0.0952. The van der Waals surface area contributed by atoms with Crippen molar-refractivity contribution >= 4 is 28.7 Å². The van der Waals surface area contributed by atoms with Gasteiger partial charge in [0, 0.05) is 23.6 Å². The highest BCUT2D eigenvalue weighted by atomic mass is 35.5. The van der Waals surface area contributed by atoms with Gasteiger partial charge < -0.3 is 0 Å². The van der Waals surface area contributed by atoms with Gasteiger partial charge >= 0.3 is 0 Å². The number of non-ortho nitro benzene ring substituents is 1. The molecule has 0 bridgehead atoms. The predicted octanol–water partition coefficient (Wildman–Crippen LogP) is 5.60. The molecule has 5 nitrogen and oxygen atoms in total. The quantitative estimate of drug-likeness (QED) is 0.439. The average molecular weight is 378 g/mol. The predicted molar refractivity (Wildman–Crippen MR) is 107 cm³/mol. The second-order valence-corrected chi connectivity index (χ2v) is 6.74. The maximum Gasteiger partial charge on any atom is 0.269 e. The molecular formula is C21H16ClN3O2. The van der Waals surface area contributed by atoms with Gasteiger partial charge in [-0.2, -0.15) is 5.10 Å². The van der Waals surface area contributed by atoms with Crippen LogP contribution >= 0.6 is 11.6 Å². The topological polar surface area (TPSA) is 58.7 Å². The summed E-state index contributed by atoms with van der Waals surface area (Å²) in [7, 11) is 0. The Bertz CT molecular complexity index is 986. The lowest BCUT2D eigenvalue weighted by atomic mass is 9.98. The molecule has 0 spiro atoms.